The molecule has 7 heteroatoms. The van der Waals surface area contributed by atoms with Crippen LogP contribution in [0.5, 0.6) is 5.75 Å². The SMILES string of the molecule is COc1ccc(-c2nnc(SCC(=O)N3C[C@]4(C)C[C@H]3CC(C)(C)C4)n2C)cc1. The van der Waals surface area contributed by atoms with Crippen molar-refractivity contribution in [3.8, 4) is 17.1 Å². The first kappa shape index (κ1) is 20.3. The summed E-state index contributed by atoms with van der Waals surface area (Å²) in [6, 6.07) is 8.14. The second-order valence-corrected chi connectivity index (χ2v) is 10.6. The van der Waals surface area contributed by atoms with Crippen LogP contribution in [0.4, 0.5) is 0 Å². The minimum absolute atomic E-state index is 0.218. The number of methoxy groups -OCH3 is 1. The molecule has 2 atom stereocenters. The molecular weight excluding hydrogens is 384 g/mol. The summed E-state index contributed by atoms with van der Waals surface area (Å²) >= 11 is 1.47. The van der Waals surface area contributed by atoms with Crippen LogP contribution in [-0.4, -0.2) is 51.0 Å². The lowest BCUT2D eigenvalue weighted by atomic mass is 9.65. The number of hydrogen-bond acceptors (Lipinski definition) is 5. The van der Waals surface area contributed by atoms with Crippen LogP contribution >= 0.6 is 11.8 Å². The lowest BCUT2D eigenvalue weighted by molar-refractivity contribution is -0.129. The molecule has 1 saturated heterocycles. The van der Waals surface area contributed by atoms with Crippen LogP contribution in [0.25, 0.3) is 11.4 Å². The summed E-state index contributed by atoms with van der Waals surface area (Å²) in [5, 5.41) is 9.40. The topological polar surface area (TPSA) is 60.3 Å². The Bertz CT molecular complexity index is 908. The van der Waals surface area contributed by atoms with Crippen molar-refractivity contribution in [2.45, 2.75) is 51.2 Å². The Morgan fingerprint density at radius 3 is 2.62 bits per heavy atom. The Kier molecular flexibility index (Phi) is 5.13. The number of benzene rings is 1. The van der Waals surface area contributed by atoms with E-state index in [4.69, 9.17) is 4.74 Å². The van der Waals surface area contributed by atoms with Gasteiger partial charge >= 0.3 is 0 Å². The van der Waals surface area contributed by atoms with Crippen LogP contribution in [0.3, 0.4) is 0 Å². The van der Waals surface area contributed by atoms with Crippen LogP contribution in [0.1, 0.15) is 40.0 Å². The van der Waals surface area contributed by atoms with E-state index in [9.17, 15) is 4.79 Å². The van der Waals surface area contributed by atoms with Crippen LogP contribution in [-0.2, 0) is 11.8 Å². The summed E-state index contributed by atoms with van der Waals surface area (Å²) < 4.78 is 7.17. The zero-order chi connectivity index (χ0) is 20.8. The van der Waals surface area contributed by atoms with Crippen molar-refractivity contribution in [2.75, 3.05) is 19.4 Å². The number of aromatic nitrogens is 3. The molecule has 0 N–H and O–H groups in total. The van der Waals surface area contributed by atoms with E-state index in [1.54, 1.807) is 7.11 Å². The van der Waals surface area contributed by atoms with Gasteiger partial charge in [0.05, 0.1) is 12.9 Å². The number of fused-ring (bicyclic) bond motifs is 2. The third kappa shape index (κ3) is 4.02. The molecule has 1 aliphatic heterocycles. The molecule has 2 aromatic rings. The molecule has 1 amide bonds. The Morgan fingerprint density at radius 1 is 1.21 bits per heavy atom. The van der Waals surface area contributed by atoms with Gasteiger partial charge in [-0.3, -0.25) is 4.79 Å². The lowest BCUT2D eigenvalue weighted by Crippen LogP contribution is -2.38. The third-order valence-corrected chi connectivity index (χ3v) is 7.25. The van der Waals surface area contributed by atoms with E-state index in [0.29, 0.717) is 17.2 Å². The number of likely N-dealkylation sites (tertiary alicyclic amines) is 1. The van der Waals surface area contributed by atoms with Gasteiger partial charge in [0, 0.05) is 25.2 Å². The Morgan fingerprint density at radius 2 is 1.93 bits per heavy atom. The van der Waals surface area contributed by atoms with Crippen molar-refractivity contribution in [2.24, 2.45) is 17.9 Å². The monoisotopic (exact) mass is 414 g/mol. The molecule has 0 radical (unpaired) electrons. The quantitative estimate of drug-likeness (QED) is 0.692. The maximum absolute atomic E-state index is 13.0. The molecule has 1 aromatic carbocycles. The largest absolute Gasteiger partial charge is 0.497 e. The highest BCUT2D eigenvalue weighted by Gasteiger charge is 2.50. The van der Waals surface area contributed by atoms with Crippen molar-refractivity contribution in [3.05, 3.63) is 24.3 Å². The van der Waals surface area contributed by atoms with E-state index >= 15 is 0 Å². The van der Waals surface area contributed by atoms with Gasteiger partial charge in [0.1, 0.15) is 5.75 Å². The van der Waals surface area contributed by atoms with Gasteiger partial charge < -0.3 is 14.2 Å². The zero-order valence-corrected chi connectivity index (χ0v) is 18.8. The van der Waals surface area contributed by atoms with E-state index in [1.807, 2.05) is 35.9 Å². The average molecular weight is 415 g/mol. The van der Waals surface area contributed by atoms with Crippen LogP contribution < -0.4 is 4.74 Å². The van der Waals surface area contributed by atoms with Crippen molar-refractivity contribution in [1.82, 2.24) is 19.7 Å². The molecule has 2 heterocycles. The predicted molar refractivity (Wildman–Crippen MR) is 115 cm³/mol. The van der Waals surface area contributed by atoms with Gasteiger partial charge in [-0.15, -0.1) is 10.2 Å². The Balaban J connectivity index is 1.42. The van der Waals surface area contributed by atoms with Gasteiger partial charge in [0.15, 0.2) is 11.0 Å². The number of hydrogen-bond donors (Lipinski definition) is 0. The number of carbonyl (C=O) groups is 1. The van der Waals surface area contributed by atoms with Gasteiger partial charge in [-0.05, 0) is 54.4 Å². The van der Waals surface area contributed by atoms with E-state index < -0.39 is 0 Å². The van der Waals surface area contributed by atoms with Gasteiger partial charge in [0.2, 0.25) is 5.91 Å². The van der Waals surface area contributed by atoms with Crippen molar-refractivity contribution in [3.63, 3.8) is 0 Å². The summed E-state index contributed by atoms with van der Waals surface area (Å²) in [6.45, 7) is 7.89. The summed E-state index contributed by atoms with van der Waals surface area (Å²) in [4.78, 5) is 15.1. The predicted octanol–water partition coefficient (Wildman–Crippen LogP) is 4.01. The highest BCUT2D eigenvalue weighted by atomic mass is 32.2. The van der Waals surface area contributed by atoms with E-state index in [2.05, 4.69) is 35.9 Å². The second-order valence-electron chi connectivity index (χ2n) is 9.62. The van der Waals surface area contributed by atoms with Crippen LogP contribution in [0.2, 0.25) is 0 Å². The molecule has 1 saturated carbocycles. The van der Waals surface area contributed by atoms with E-state index in [-0.39, 0.29) is 11.3 Å². The first-order chi connectivity index (χ1) is 13.7. The minimum Gasteiger partial charge on any atom is -0.497 e. The normalized spacial score (nSPS) is 25.3. The van der Waals surface area contributed by atoms with Gasteiger partial charge in [-0.25, -0.2) is 0 Å². The number of nitrogens with zero attached hydrogens (tertiary/aromatic N) is 4. The summed E-state index contributed by atoms with van der Waals surface area (Å²) in [5.74, 6) is 2.22. The van der Waals surface area contributed by atoms with E-state index in [0.717, 1.165) is 41.7 Å². The zero-order valence-electron chi connectivity index (χ0n) is 17.9. The molecule has 2 bridgehead atoms. The van der Waals surface area contributed by atoms with Gasteiger partial charge in [0.25, 0.3) is 0 Å². The summed E-state index contributed by atoms with van der Waals surface area (Å²) in [5.41, 5.74) is 1.55. The number of ether oxygens (including phenoxy) is 1. The first-order valence-electron chi connectivity index (χ1n) is 10.2. The van der Waals surface area contributed by atoms with Gasteiger partial charge in [-0.1, -0.05) is 32.5 Å². The van der Waals surface area contributed by atoms with Crippen LogP contribution in [0.15, 0.2) is 29.4 Å². The molecule has 0 unspecified atom stereocenters. The average Bonchev–Trinajstić information content (AvgIpc) is 3.15. The molecular formula is C22H30N4O2S. The standard InChI is InChI=1S/C22H30N4O2S/c1-21(2)10-16-11-22(3,13-21)14-26(16)18(27)12-29-20-24-23-19(25(20)4)15-6-8-17(28-5)9-7-15/h6-9,16H,10-14H2,1-5H3/t16-,22-/m1/s1. The fraction of sp³-hybridized carbons (Fsp3) is 0.591. The first-order valence-corrected chi connectivity index (χ1v) is 11.1. The number of carbonyl (C=O) groups excluding carboxylic acids is 1. The fourth-order valence-corrected chi connectivity index (χ4v) is 6.19. The smallest absolute Gasteiger partial charge is 0.233 e. The lowest BCUT2D eigenvalue weighted by Gasteiger charge is -2.39. The Hall–Kier alpha value is -2.02. The molecule has 0 spiro atoms. The number of thioether (sulfide) groups is 1. The maximum atomic E-state index is 13.0. The molecule has 2 fully saturated rings. The molecule has 6 nitrogen and oxygen atoms in total. The van der Waals surface area contributed by atoms with Crippen molar-refractivity contribution < 1.29 is 9.53 Å². The molecule has 29 heavy (non-hydrogen) atoms. The highest BCUT2D eigenvalue weighted by Crippen LogP contribution is 2.52. The molecule has 1 aromatic heterocycles. The number of amides is 1. The second kappa shape index (κ2) is 7.35. The summed E-state index contributed by atoms with van der Waals surface area (Å²) in [7, 11) is 3.59. The molecule has 156 valence electrons. The van der Waals surface area contributed by atoms with Crippen LogP contribution in [0, 0.1) is 10.8 Å². The minimum atomic E-state index is 0.218. The van der Waals surface area contributed by atoms with Crippen molar-refractivity contribution in [1.29, 1.82) is 0 Å². The Labute approximate surface area is 177 Å². The molecule has 1 aliphatic carbocycles. The van der Waals surface area contributed by atoms with E-state index in [1.165, 1.54) is 18.2 Å². The van der Waals surface area contributed by atoms with Crippen molar-refractivity contribution >= 4 is 17.7 Å². The highest BCUT2D eigenvalue weighted by molar-refractivity contribution is 7.99. The number of rotatable bonds is 5. The summed E-state index contributed by atoms with van der Waals surface area (Å²) in [6.07, 6.45) is 3.44. The maximum Gasteiger partial charge on any atom is 0.233 e. The third-order valence-electron chi connectivity index (χ3n) is 6.24. The fourth-order valence-electron chi connectivity index (χ4n) is 5.39. The molecule has 2 aliphatic rings. The van der Waals surface area contributed by atoms with Gasteiger partial charge in [-0.2, -0.15) is 0 Å². The molecule has 4 rings (SSSR count).